The van der Waals surface area contributed by atoms with E-state index in [0.717, 1.165) is 27.0 Å². The van der Waals surface area contributed by atoms with Crippen LogP contribution in [0.3, 0.4) is 0 Å². The monoisotopic (exact) mass is 355 g/mol. The van der Waals surface area contributed by atoms with Gasteiger partial charge in [0.05, 0.1) is 0 Å². The second-order valence-corrected chi connectivity index (χ2v) is 7.55. The number of benzene rings is 2. The summed E-state index contributed by atoms with van der Waals surface area (Å²) in [6.07, 6.45) is 1.82. The molecule has 0 amide bonds. The third-order valence-electron chi connectivity index (χ3n) is 3.30. The highest BCUT2D eigenvalue weighted by Gasteiger charge is 2.21. The second kappa shape index (κ2) is 8.22. The van der Waals surface area contributed by atoms with Crippen molar-refractivity contribution in [3.8, 4) is 5.75 Å². The molecule has 0 N–H and O–H groups in total. The number of carbonyl (C=O) groups excluding carboxylic acids is 1. The molecule has 2 aromatic rings. The van der Waals surface area contributed by atoms with Gasteiger partial charge in [-0.15, -0.1) is 0 Å². The second-order valence-electron chi connectivity index (χ2n) is 5.07. The maximum Gasteiger partial charge on any atom is 0.244 e. The van der Waals surface area contributed by atoms with E-state index in [2.05, 4.69) is 4.99 Å². The van der Waals surface area contributed by atoms with Gasteiger partial charge in [-0.1, -0.05) is 61.2 Å². The Morgan fingerprint density at radius 3 is 2.58 bits per heavy atom. The van der Waals surface area contributed by atoms with Crippen LogP contribution in [0.25, 0.3) is 6.08 Å². The van der Waals surface area contributed by atoms with E-state index in [0.29, 0.717) is 12.3 Å². The van der Waals surface area contributed by atoms with Crippen LogP contribution in [0, 0.1) is 0 Å². The standard InChI is InChI=1S/C19H17NO2S2/c1-2-23-19-20-17(18(21)24-19)12-14-8-10-16(11-9-14)22-13-15-6-4-3-5-7-15/h3-12H,2,13H2,1H3. The molecule has 1 aliphatic rings. The Kier molecular flexibility index (Phi) is 5.77. The molecule has 122 valence electrons. The molecule has 0 atom stereocenters. The summed E-state index contributed by atoms with van der Waals surface area (Å²) in [5, 5.41) is 0.00959. The van der Waals surface area contributed by atoms with Crippen molar-refractivity contribution in [3.05, 3.63) is 71.4 Å². The van der Waals surface area contributed by atoms with Gasteiger partial charge in [0.1, 0.15) is 22.4 Å². The fourth-order valence-electron chi connectivity index (χ4n) is 2.13. The predicted octanol–water partition coefficient (Wildman–Crippen LogP) is 4.99. The molecule has 0 fully saturated rings. The van der Waals surface area contributed by atoms with Crippen molar-refractivity contribution in [2.75, 3.05) is 5.75 Å². The summed E-state index contributed by atoms with van der Waals surface area (Å²) in [6.45, 7) is 2.59. The fraction of sp³-hybridized carbons (Fsp3) is 0.158. The molecule has 1 aliphatic heterocycles. The Morgan fingerprint density at radius 1 is 1.12 bits per heavy atom. The highest BCUT2D eigenvalue weighted by atomic mass is 32.2. The van der Waals surface area contributed by atoms with Crippen molar-refractivity contribution in [1.82, 2.24) is 0 Å². The van der Waals surface area contributed by atoms with Crippen molar-refractivity contribution < 1.29 is 9.53 Å². The number of hydrogen-bond acceptors (Lipinski definition) is 5. The SMILES string of the molecule is CCSC1=NC(=Cc2ccc(OCc3ccccc3)cc2)C(=O)S1. The van der Waals surface area contributed by atoms with E-state index in [4.69, 9.17) is 4.74 Å². The maximum absolute atomic E-state index is 11.9. The number of nitrogens with zero attached hydrogens (tertiary/aromatic N) is 1. The lowest BCUT2D eigenvalue weighted by Crippen LogP contribution is -1.94. The molecule has 0 aliphatic carbocycles. The Hall–Kier alpha value is -1.98. The van der Waals surface area contributed by atoms with Gasteiger partial charge in [-0.05, 0) is 46.9 Å². The Labute approximate surface area is 150 Å². The van der Waals surface area contributed by atoms with Crippen molar-refractivity contribution in [2.45, 2.75) is 13.5 Å². The first-order valence-corrected chi connectivity index (χ1v) is 9.47. The zero-order valence-electron chi connectivity index (χ0n) is 13.3. The zero-order chi connectivity index (χ0) is 16.8. The lowest BCUT2D eigenvalue weighted by Gasteiger charge is -2.06. The van der Waals surface area contributed by atoms with Gasteiger partial charge in [-0.25, -0.2) is 4.99 Å². The summed E-state index contributed by atoms with van der Waals surface area (Å²) in [6, 6.07) is 17.7. The first kappa shape index (κ1) is 16.9. The third-order valence-corrected chi connectivity index (χ3v) is 5.19. The summed E-state index contributed by atoms with van der Waals surface area (Å²) in [7, 11) is 0. The normalized spacial score (nSPS) is 15.6. The number of ether oxygens (including phenoxy) is 1. The molecule has 2 aromatic carbocycles. The van der Waals surface area contributed by atoms with Crippen LogP contribution in [0.2, 0.25) is 0 Å². The van der Waals surface area contributed by atoms with Gasteiger partial charge in [0, 0.05) is 0 Å². The minimum Gasteiger partial charge on any atom is -0.489 e. The molecule has 5 heteroatoms. The fourth-order valence-corrected chi connectivity index (χ4v) is 3.87. The average Bonchev–Trinajstić information content (AvgIpc) is 2.95. The molecule has 0 saturated heterocycles. The Bertz CT molecular complexity index is 768. The molecule has 0 saturated carbocycles. The van der Waals surface area contributed by atoms with E-state index in [-0.39, 0.29) is 5.12 Å². The molecule has 24 heavy (non-hydrogen) atoms. The molecule has 0 unspecified atom stereocenters. The zero-order valence-corrected chi connectivity index (χ0v) is 14.9. The number of thioether (sulfide) groups is 2. The topological polar surface area (TPSA) is 38.7 Å². The molecule has 0 spiro atoms. The molecule has 0 radical (unpaired) electrons. The quantitative estimate of drug-likeness (QED) is 0.708. The lowest BCUT2D eigenvalue weighted by atomic mass is 10.2. The van der Waals surface area contributed by atoms with Crippen LogP contribution in [0.4, 0.5) is 0 Å². The van der Waals surface area contributed by atoms with Crippen LogP contribution in [0.1, 0.15) is 18.1 Å². The summed E-state index contributed by atoms with van der Waals surface area (Å²) >= 11 is 2.80. The van der Waals surface area contributed by atoms with Gasteiger partial charge in [-0.3, -0.25) is 4.79 Å². The molecule has 3 rings (SSSR count). The van der Waals surface area contributed by atoms with E-state index >= 15 is 0 Å². The van der Waals surface area contributed by atoms with E-state index in [1.165, 1.54) is 11.8 Å². The summed E-state index contributed by atoms with van der Waals surface area (Å²) in [4.78, 5) is 16.3. The molecule has 1 heterocycles. The van der Waals surface area contributed by atoms with E-state index in [1.807, 2.05) is 67.6 Å². The smallest absolute Gasteiger partial charge is 0.244 e. The Morgan fingerprint density at radius 2 is 1.88 bits per heavy atom. The van der Waals surface area contributed by atoms with Crippen LogP contribution in [0.15, 0.2) is 65.3 Å². The summed E-state index contributed by atoms with van der Waals surface area (Å²) in [5.74, 6) is 1.72. The van der Waals surface area contributed by atoms with Crippen LogP contribution in [0.5, 0.6) is 5.75 Å². The molecule has 0 bridgehead atoms. The minimum atomic E-state index is 0.00959. The van der Waals surface area contributed by atoms with Crippen LogP contribution in [-0.2, 0) is 11.4 Å². The molecular weight excluding hydrogens is 338 g/mol. The van der Waals surface area contributed by atoms with E-state index in [1.54, 1.807) is 11.8 Å². The Balaban J connectivity index is 1.64. The van der Waals surface area contributed by atoms with Gasteiger partial charge < -0.3 is 4.74 Å². The van der Waals surface area contributed by atoms with Gasteiger partial charge >= 0.3 is 0 Å². The van der Waals surface area contributed by atoms with Crippen molar-refractivity contribution in [1.29, 1.82) is 0 Å². The average molecular weight is 355 g/mol. The molecule has 3 nitrogen and oxygen atoms in total. The third kappa shape index (κ3) is 4.52. The first-order valence-electron chi connectivity index (χ1n) is 7.67. The molecular formula is C19H17NO2S2. The summed E-state index contributed by atoms with van der Waals surface area (Å²) < 4.78 is 6.59. The minimum absolute atomic E-state index is 0.00959. The highest BCUT2D eigenvalue weighted by Crippen LogP contribution is 2.31. The van der Waals surface area contributed by atoms with Crippen molar-refractivity contribution in [2.24, 2.45) is 4.99 Å². The maximum atomic E-state index is 11.9. The van der Waals surface area contributed by atoms with Gasteiger partial charge in [-0.2, -0.15) is 0 Å². The van der Waals surface area contributed by atoms with Crippen molar-refractivity contribution in [3.63, 3.8) is 0 Å². The van der Waals surface area contributed by atoms with Crippen molar-refractivity contribution >= 4 is 39.1 Å². The first-order chi connectivity index (χ1) is 11.7. The summed E-state index contributed by atoms with van der Waals surface area (Å²) in [5.41, 5.74) is 2.58. The van der Waals surface area contributed by atoms with Gasteiger partial charge in [0.2, 0.25) is 5.12 Å². The van der Waals surface area contributed by atoms with E-state index < -0.39 is 0 Å². The largest absolute Gasteiger partial charge is 0.489 e. The van der Waals surface area contributed by atoms with Crippen LogP contribution in [-0.4, -0.2) is 15.2 Å². The molecule has 0 aromatic heterocycles. The highest BCUT2D eigenvalue weighted by molar-refractivity contribution is 8.45. The predicted molar refractivity (Wildman–Crippen MR) is 103 cm³/mol. The number of aliphatic imine (C=N–C) groups is 1. The number of rotatable bonds is 5. The van der Waals surface area contributed by atoms with Gasteiger partial charge in [0.25, 0.3) is 0 Å². The van der Waals surface area contributed by atoms with Crippen LogP contribution >= 0.6 is 23.5 Å². The van der Waals surface area contributed by atoms with E-state index in [9.17, 15) is 4.79 Å². The number of carbonyl (C=O) groups is 1. The number of hydrogen-bond donors (Lipinski definition) is 0. The van der Waals surface area contributed by atoms with Crippen LogP contribution < -0.4 is 4.74 Å². The lowest BCUT2D eigenvalue weighted by molar-refractivity contribution is -0.107. The van der Waals surface area contributed by atoms with Gasteiger partial charge in [0.15, 0.2) is 0 Å².